The molecule has 0 aliphatic rings. The molecule has 0 radical (unpaired) electrons. The zero-order valence-corrected chi connectivity index (χ0v) is 45.3. The van der Waals surface area contributed by atoms with Crippen LogP contribution in [0.15, 0.2) is 47.4 Å². The molecule has 0 atom stereocenters. The van der Waals surface area contributed by atoms with Crippen LogP contribution >= 0.6 is 0 Å². The van der Waals surface area contributed by atoms with Gasteiger partial charge < -0.3 is 14.0 Å². The Labute approximate surface area is 423 Å². The number of allylic oxidation sites excluding steroid dienone is 4. The molecule has 0 unspecified atom stereocenters. The summed E-state index contributed by atoms with van der Waals surface area (Å²) in [5.41, 5.74) is -0.340. The number of rotatable bonds is 47. The average Bonchev–Trinajstić information content (AvgIpc) is 3.28. The van der Waals surface area contributed by atoms with Gasteiger partial charge in [0, 0.05) is 0 Å². The summed E-state index contributed by atoms with van der Waals surface area (Å²) in [4.78, 5) is 25.4. The molecular formula is C56H97NaO7S. The van der Waals surface area contributed by atoms with E-state index in [1.807, 2.05) is 0 Å². The van der Waals surface area contributed by atoms with Gasteiger partial charge >= 0.3 is 41.5 Å². The number of unbranched alkanes of at least 4 members (excludes halogenated alkanes) is 36. The third kappa shape index (κ3) is 40.2. The zero-order chi connectivity index (χ0) is 46.4. The molecule has 65 heavy (non-hydrogen) atoms. The second-order valence-corrected chi connectivity index (χ2v) is 19.9. The van der Waals surface area contributed by atoms with Gasteiger partial charge in [-0.05, 0) is 82.4 Å². The van der Waals surface area contributed by atoms with Gasteiger partial charge in [-0.3, -0.25) is 0 Å². The Morgan fingerprint density at radius 3 is 0.969 bits per heavy atom. The minimum atomic E-state index is -4.82. The maximum absolute atomic E-state index is 13.0. The standard InChI is InChI=1S/C56H98O7S.Na/c1-3-5-7-9-11-13-15-17-19-21-23-25-27-29-31-33-35-37-39-41-43-45-49-62-55(57)53-48-47-52(64(59,60)61)51-54(53)56(58)63-50-46-44-42-40-38-36-34-32-30-28-26-24-22-20-18-16-14-12-10-8-6-4-2;/h27-30,47-48,51H,3-26,31-46,49-50H2,1-2H3,(H,59,60,61);/q;+1/p-1/b29-27+,30-28+;. The van der Waals surface area contributed by atoms with Gasteiger partial charge in [-0.1, -0.05) is 231 Å². The summed E-state index contributed by atoms with van der Waals surface area (Å²) < 4.78 is 46.0. The smallest absolute Gasteiger partial charge is 0.744 e. The van der Waals surface area contributed by atoms with Crippen molar-refractivity contribution in [1.29, 1.82) is 0 Å². The van der Waals surface area contributed by atoms with Crippen molar-refractivity contribution in [2.24, 2.45) is 0 Å². The summed E-state index contributed by atoms with van der Waals surface area (Å²) in [5, 5.41) is 0. The van der Waals surface area contributed by atoms with Gasteiger partial charge in [0.05, 0.1) is 29.2 Å². The Bertz CT molecular complexity index is 1410. The number of carbonyl (C=O) groups is 2. The van der Waals surface area contributed by atoms with Gasteiger partial charge in [0.2, 0.25) is 0 Å². The molecule has 7 nitrogen and oxygen atoms in total. The topological polar surface area (TPSA) is 110 Å². The number of benzene rings is 1. The van der Waals surface area contributed by atoms with Crippen LogP contribution < -0.4 is 29.6 Å². The first kappa shape index (κ1) is 63.5. The van der Waals surface area contributed by atoms with Gasteiger partial charge in [-0.15, -0.1) is 0 Å². The van der Waals surface area contributed by atoms with E-state index in [9.17, 15) is 22.6 Å². The van der Waals surface area contributed by atoms with Crippen molar-refractivity contribution in [2.45, 2.75) is 276 Å². The molecule has 0 aromatic heterocycles. The molecule has 9 heteroatoms. The fraction of sp³-hybridized carbons (Fsp3) is 0.786. The first-order valence-corrected chi connectivity index (χ1v) is 28.5. The minimum Gasteiger partial charge on any atom is -0.744 e. The summed E-state index contributed by atoms with van der Waals surface area (Å²) in [7, 11) is -4.82. The van der Waals surface area contributed by atoms with Crippen LogP contribution in [0, 0.1) is 0 Å². The predicted molar refractivity (Wildman–Crippen MR) is 269 cm³/mol. The predicted octanol–water partition coefficient (Wildman–Crippen LogP) is 14.7. The van der Waals surface area contributed by atoms with Gasteiger partial charge in [-0.2, -0.15) is 0 Å². The summed E-state index contributed by atoms with van der Waals surface area (Å²) in [6.45, 7) is 4.91. The van der Waals surface area contributed by atoms with Crippen molar-refractivity contribution in [1.82, 2.24) is 0 Å². The third-order valence-electron chi connectivity index (χ3n) is 12.5. The molecule has 0 N–H and O–H groups in total. The van der Waals surface area contributed by atoms with E-state index >= 15 is 0 Å². The molecule has 1 rings (SSSR count). The molecule has 0 saturated carbocycles. The Hall–Kier alpha value is -1.45. The fourth-order valence-corrected chi connectivity index (χ4v) is 8.83. The van der Waals surface area contributed by atoms with Crippen LogP contribution in [-0.2, 0) is 19.6 Å². The van der Waals surface area contributed by atoms with Gasteiger partial charge in [0.25, 0.3) is 0 Å². The SMILES string of the molecule is CCCCCCCCCCCCC/C=C/CCCCCCCCCOC(=O)c1ccc(S(=O)(=O)[O-])cc1C(=O)OCCCCCCCCC/C=C/CCCCCCCCCCCCC.[Na+]. The van der Waals surface area contributed by atoms with Crippen molar-refractivity contribution in [3.05, 3.63) is 53.6 Å². The summed E-state index contributed by atoms with van der Waals surface area (Å²) in [6, 6.07) is 3.15. The second kappa shape index (κ2) is 47.6. The largest absolute Gasteiger partial charge is 1.00 e. The Morgan fingerprint density at radius 2 is 0.677 bits per heavy atom. The zero-order valence-electron chi connectivity index (χ0n) is 42.5. The number of esters is 2. The maximum Gasteiger partial charge on any atom is 1.00 e. The molecule has 0 amide bonds. The van der Waals surface area contributed by atoms with Crippen LogP contribution in [0.3, 0.4) is 0 Å². The second-order valence-electron chi connectivity index (χ2n) is 18.6. The molecule has 0 saturated heterocycles. The van der Waals surface area contributed by atoms with E-state index in [1.54, 1.807) is 0 Å². The minimum absolute atomic E-state index is 0. The van der Waals surface area contributed by atoms with Crippen LogP contribution in [0.25, 0.3) is 0 Å². The number of hydrogen-bond donors (Lipinski definition) is 0. The Kier molecular flexibility index (Phi) is 46.5. The first-order chi connectivity index (χ1) is 31.3. The van der Waals surface area contributed by atoms with E-state index in [-0.39, 0.29) is 53.9 Å². The average molecular weight is 937 g/mol. The van der Waals surface area contributed by atoms with E-state index in [0.717, 1.165) is 63.5 Å². The van der Waals surface area contributed by atoms with Gasteiger partial charge in [0.1, 0.15) is 10.1 Å². The molecule has 0 heterocycles. The number of carbonyl (C=O) groups excluding carboxylic acids is 2. The van der Waals surface area contributed by atoms with Crippen LogP contribution in [0.5, 0.6) is 0 Å². The fourth-order valence-electron chi connectivity index (χ4n) is 8.33. The molecule has 1 aromatic rings. The monoisotopic (exact) mass is 937 g/mol. The molecule has 0 bridgehead atoms. The Morgan fingerprint density at radius 1 is 0.415 bits per heavy atom. The molecule has 1 aromatic carbocycles. The van der Waals surface area contributed by atoms with Crippen molar-refractivity contribution in [3.8, 4) is 0 Å². The quantitative estimate of drug-likeness (QED) is 0.0210. The summed E-state index contributed by atoms with van der Waals surface area (Å²) >= 11 is 0. The first-order valence-electron chi connectivity index (χ1n) is 27.0. The van der Waals surface area contributed by atoms with Crippen LogP contribution in [0.4, 0.5) is 0 Å². The molecule has 0 spiro atoms. The van der Waals surface area contributed by atoms with E-state index < -0.39 is 27.0 Å². The van der Waals surface area contributed by atoms with Crippen LogP contribution in [0.1, 0.15) is 291 Å². The normalized spacial score (nSPS) is 11.7. The number of hydrogen-bond acceptors (Lipinski definition) is 7. The van der Waals surface area contributed by atoms with Crippen molar-refractivity contribution >= 4 is 22.1 Å². The van der Waals surface area contributed by atoms with Crippen LogP contribution in [0.2, 0.25) is 0 Å². The molecule has 370 valence electrons. The Balaban J connectivity index is 0.0000410. The third-order valence-corrected chi connectivity index (χ3v) is 13.3. The van der Waals surface area contributed by atoms with E-state index in [2.05, 4.69) is 38.2 Å². The van der Waals surface area contributed by atoms with E-state index in [4.69, 9.17) is 9.47 Å². The van der Waals surface area contributed by atoms with Crippen molar-refractivity contribution in [2.75, 3.05) is 13.2 Å². The summed E-state index contributed by atoms with van der Waals surface area (Å²) in [6.07, 6.45) is 59.5. The van der Waals surface area contributed by atoms with Crippen molar-refractivity contribution < 1.29 is 61.6 Å². The van der Waals surface area contributed by atoms with E-state index in [0.29, 0.717) is 12.8 Å². The molecule has 0 aliphatic heterocycles. The number of ether oxygens (including phenoxy) is 2. The molecule has 0 aliphatic carbocycles. The molecule has 0 fully saturated rings. The van der Waals surface area contributed by atoms with Gasteiger partial charge in [-0.25, -0.2) is 18.0 Å². The molecular weight excluding hydrogens is 840 g/mol. The maximum atomic E-state index is 13.0. The van der Waals surface area contributed by atoms with Crippen LogP contribution in [-0.4, -0.2) is 38.1 Å². The van der Waals surface area contributed by atoms with Gasteiger partial charge in [0.15, 0.2) is 0 Å². The summed E-state index contributed by atoms with van der Waals surface area (Å²) in [5.74, 6) is -1.55. The van der Waals surface area contributed by atoms with Crippen molar-refractivity contribution in [3.63, 3.8) is 0 Å². The van der Waals surface area contributed by atoms with E-state index in [1.165, 1.54) is 199 Å².